The first-order valence-electron chi connectivity index (χ1n) is 5.55. The molecule has 3 heteroatoms. The maximum atomic E-state index is 5.53. The molecule has 3 unspecified atom stereocenters. The predicted molar refractivity (Wildman–Crippen MR) is 59.6 cm³/mol. The minimum atomic E-state index is 0.328. The highest BCUT2D eigenvalue weighted by atomic mass is 16.5. The van der Waals surface area contributed by atoms with Crippen LogP contribution in [-0.4, -0.2) is 23.7 Å². The normalized spacial score (nSPS) is 27.9. The Bertz CT molecular complexity index is 302. The third-order valence-electron chi connectivity index (χ3n) is 3.05. The second-order valence-corrected chi connectivity index (χ2v) is 4.14. The van der Waals surface area contributed by atoms with Crippen LogP contribution in [0.5, 0.6) is 0 Å². The van der Waals surface area contributed by atoms with Gasteiger partial charge in [-0.25, -0.2) is 0 Å². The van der Waals surface area contributed by atoms with Crippen molar-refractivity contribution >= 4 is 0 Å². The van der Waals surface area contributed by atoms with Crippen LogP contribution < -0.4 is 5.32 Å². The summed E-state index contributed by atoms with van der Waals surface area (Å²) < 4.78 is 5.53. The van der Waals surface area contributed by atoms with Crippen LogP contribution in [0.25, 0.3) is 0 Å². The van der Waals surface area contributed by atoms with Crippen molar-refractivity contribution in [1.82, 2.24) is 10.3 Å². The van der Waals surface area contributed by atoms with Gasteiger partial charge >= 0.3 is 0 Å². The molecule has 0 amide bonds. The van der Waals surface area contributed by atoms with Gasteiger partial charge in [-0.2, -0.15) is 0 Å². The molecule has 2 heterocycles. The molecule has 0 radical (unpaired) electrons. The SMILES string of the molecule is CC(NC1CCOC1C)c1ccncc1. The molecule has 15 heavy (non-hydrogen) atoms. The predicted octanol–water partition coefficient (Wildman–Crippen LogP) is 1.91. The molecular weight excluding hydrogens is 188 g/mol. The van der Waals surface area contributed by atoms with Crippen molar-refractivity contribution in [2.45, 2.75) is 38.5 Å². The van der Waals surface area contributed by atoms with Crippen molar-refractivity contribution in [3.05, 3.63) is 30.1 Å². The highest BCUT2D eigenvalue weighted by Crippen LogP contribution is 2.18. The number of rotatable bonds is 3. The standard InChI is InChI=1S/C12H18N2O/c1-9(11-3-6-13-7-4-11)14-12-5-8-15-10(12)2/h3-4,6-7,9-10,12,14H,5,8H2,1-2H3. The van der Waals surface area contributed by atoms with Crippen molar-refractivity contribution < 1.29 is 4.74 Å². The Kier molecular flexibility index (Phi) is 3.34. The Hall–Kier alpha value is -0.930. The van der Waals surface area contributed by atoms with Gasteiger partial charge in [-0.05, 0) is 38.0 Å². The summed E-state index contributed by atoms with van der Waals surface area (Å²) in [4.78, 5) is 4.02. The number of nitrogens with one attached hydrogen (secondary N) is 1. The molecule has 1 saturated heterocycles. The molecule has 0 spiro atoms. The molecule has 82 valence electrons. The average Bonchev–Trinajstić information content (AvgIpc) is 2.66. The summed E-state index contributed by atoms with van der Waals surface area (Å²) in [7, 11) is 0. The van der Waals surface area contributed by atoms with Crippen LogP contribution in [0.3, 0.4) is 0 Å². The molecule has 3 atom stereocenters. The highest BCUT2D eigenvalue weighted by Gasteiger charge is 2.25. The second-order valence-electron chi connectivity index (χ2n) is 4.14. The maximum Gasteiger partial charge on any atom is 0.0700 e. The molecule has 1 fully saturated rings. The lowest BCUT2D eigenvalue weighted by Crippen LogP contribution is -2.36. The molecule has 1 N–H and O–H groups in total. The molecule has 0 bridgehead atoms. The Morgan fingerprint density at radius 3 is 2.80 bits per heavy atom. The van der Waals surface area contributed by atoms with Crippen LogP contribution in [0.2, 0.25) is 0 Å². The number of hydrogen-bond donors (Lipinski definition) is 1. The van der Waals surface area contributed by atoms with Crippen molar-refractivity contribution in [3.63, 3.8) is 0 Å². The smallest absolute Gasteiger partial charge is 0.0700 e. The van der Waals surface area contributed by atoms with Gasteiger partial charge < -0.3 is 10.1 Å². The maximum absolute atomic E-state index is 5.53. The van der Waals surface area contributed by atoms with E-state index in [-0.39, 0.29) is 0 Å². The summed E-state index contributed by atoms with van der Waals surface area (Å²) in [6, 6.07) is 4.95. The fourth-order valence-electron chi connectivity index (χ4n) is 2.02. The van der Waals surface area contributed by atoms with Crippen molar-refractivity contribution in [3.8, 4) is 0 Å². The first-order chi connectivity index (χ1) is 7.27. The number of ether oxygens (including phenoxy) is 1. The van der Waals surface area contributed by atoms with E-state index in [4.69, 9.17) is 4.74 Å². The van der Waals surface area contributed by atoms with E-state index < -0.39 is 0 Å². The summed E-state index contributed by atoms with van der Waals surface area (Å²) >= 11 is 0. The van der Waals surface area contributed by atoms with E-state index in [0.29, 0.717) is 18.2 Å². The third-order valence-corrected chi connectivity index (χ3v) is 3.05. The van der Waals surface area contributed by atoms with Gasteiger partial charge in [0, 0.05) is 31.1 Å². The fraction of sp³-hybridized carbons (Fsp3) is 0.583. The van der Waals surface area contributed by atoms with Crippen LogP contribution in [0.15, 0.2) is 24.5 Å². The first kappa shape index (κ1) is 10.6. The summed E-state index contributed by atoms with van der Waals surface area (Å²) in [5.41, 5.74) is 1.28. The Balaban J connectivity index is 1.95. The summed E-state index contributed by atoms with van der Waals surface area (Å²) in [6.07, 6.45) is 5.11. The Morgan fingerprint density at radius 2 is 2.20 bits per heavy atom. The lowest BCUT2D eigenvalue weighted by Gasteiger charge is -2.21. The largest absolute Gasteiger partial charge is 0.377 e. The van der Waals surface area contributed by atoms with Crippen LogP contribution in [0, 0.1) is 0 Å². The summed E-state index contributed by atoms with van der Waals surface area (Å²) in [5, 5.41) is 3.59. The van der Waals surface area contributed by atoms with Gasteiger partial charge in [0.2, 0.25) is 0 Å². The van der Waals surface area contributed by atoms with Gasteiger partial charge in [0.1, 0.15) is 0 Å². The van der Waals surface area contributed by atoms with Crippen LogP contribution >= 0.6 is 0 Å². The molecule has 0 saturated carbocycles. The molecule has 1 aliphatic rings. The number of aromatic nitrogens is 1. The van der Waals surface area contributed by atoms with Gasteiger partial charge in [-0.15, -0.1) is 0 Å². The zero-order chi connectivity index (χ0) is 10.7. The van der Waals surface area contributed by atoms with Crippen LogP contribution in [-0.2, 0) is 4.74 Å². The van der Waals surface area contributed by atoms with Crippen LogP contribution in [0.4, 0.5) is 0 Å². The molecule has 0 aromatic carbocycles. The Morgan fingerprint density at radius 1 is 1.47 bits per heavy atom. The molecule has 1 aliphatic heterocycles. The molecule has 0 aliphatic carbocycles. The second kappa shape index (κ2) is 4.73. The van der Waals surface area contributed by atoms with Crippen molar-refractivity contribution in [1.29, 1.82) is 0 Å². The molecule has 3 nitrogen and oxygen atoms in total. The zero-order valence-electron chi connectivity index (χ0n) is 9.31. The summed E-state index contributed by atoms with van der Waals surface area (Å²) in [5.74, 6) is 0. The third kappa shape index (κ3) is 2.55. The summed E-state index contributed by atoms with van der Waals surface area (Å²) in [6.45, 7) is 5.19. The number of hydrogen-bond acceptors (Lipinski definition) is 3. The van der Waals surface area contributed by atoms with E-state index in [9.17, 15) is 0 Å². The number of nitrogens with zero attached hydrogens (tertiary/aromatic N) is 1. The quantitative estimate of drug-likeness (QED) is 0.820. The van der Waals surface area contributed by atoms with Crippen molar-refractivity contribution in [2.75, 3.05) is 6.61 Å². The topological polar surface area (TPSA) is 34.1 Å². The lowest BCUT2D eigenvalue weighted by atomic mass is 10.1. The van der Waals surface area contributed by atoms with E-state index in [1.54, 1.807) is 0 Å². The van der Waals surface area contributed by atoms with E-state index >= 15 is 0 Å². The fourth-order valence-corrected chi connectivity index (χ4v) is 2.02. The molecule has 2 rings (SSSR count). The van der Waals surface area contributed by atoms with E-state index in [1.807, 2.05) is 12.4 Å². The average molecular weight is 206 g/mol. The van der Waals surface area contributed by atoms with Crippen LogP contribution in [0.1, 0.15) is 31.9 Å². The monoisotopic (exact) mass is 206 g/mol. The highest BCUT2D eigenvalue weighted by molar-refractivity contribution is 5.14. The minimum absolute atomic E-state index is 0.328. The van der Waals surface area contributed by atoms with E-state index in [0.717, 1.165) is 13.0 Å². The first-order valence-corrected chi connectivity index (χ1v) is 5.55. The Labute approximate surface area is 90.9 Å². The zero-order valence-corrected chi connectivity index (χ0v) is 9.31. The molecular formula is C12H18N2O. The molecule has 1 aromatic rings. The van der Waals surface area contributed by atoms with Gasteiger partial charge in [0.15, 0.2) is 0 Å². The van der Waals surface area contributed by atoms with Crippen molar-refractivity contribution in [2.24, 2.45) is 0 Å². The van der Waals surface area contributed by atoms with Gasteiger partial charge in [0.25, 0.3) is 0 Å². The van der Waals surface area contributed by atoms with Gasteiger partial charge in [-0.1, -0.05) is 0 Å². The van der Waals surface area contributed by atoms with Gasteiger partial charge in [-0.3, -0.25) is 4.98 Å². The van der Waals surface area contributed by atoms with Gasteiger partial charge in [0.05, 0.1) is 6.10 Å². The minimum Gasteiger partial charge on any atom is -0.377 e. The molecule has 1 aromatic heterocycles. The van der Waals surface area contributed by atoms with E-state index in [2.05, 4.69) is 36.3 Å². The lowest BCUT2D eigenvalue weighted by molar-refractivity contribution is 0.111. The number of pyridine rings is 1. The van der Waals surface area contributed by atoms with E-state index in [1.165, 1.54) is 5.56 Å².